The second kappa shape index (κ2) is 5.89. The summed E-state index contributed by atoms with van der Waals surface area (Å²) < 4.78 is 2.91. The van der Waals surface area contributed by atoms with Crippen molar-refractivity contribution in [3.05, 3.63) is 16.6 Å². The summed E-state index contributed by atoms with van der Waals surface area (Å²) >= 11 is 0. The van der Waals surface area contributed by atoms with Crippen molar-refractivity contribution in [3.8, 4) is 0 Å². The number of aryl methyl sites for hydroxylation is 1. The van der Waals surface area contributed by atoms with Crippen LogP contribution in [0, 0.1) is 0 Å². The highest BCUT2D eigenvalue weighted by Crippen LogP contribution is 2.01. The first-order valence-electron chi connectivity index (χ1n) is 6.20. The van der Waals surface area contributed by atoms with Gasteiger partial charge in [-0.1, -0.05) is 5.21 Å². The van der Waals surface area contributed by atoms with Crippen molar-refractivity contribution in [1.82, 2.24) is 35.0 Å². The van der Waals surface area contributed by atoms with Crippen LogP contribution >= 0.6 is 0 Å². The van der Waals surface area contributed by atoms with Crippen LogP contribution in [0.25, 0.3) is 11.0 Å². The lowest BCUT2D eigenvalue weighted by molar-refractivity contribution is 0.394. The molecular weight excluding hydrogens is 246 g/mol. The summed E-state index contributed by atoms with van der Waals surface area (Å²) in [5.41, 5.74) is 0.370. The van der Waals surface area contributed by atoms with Crippen LogP contribution in [0.3, 0.4) is 0 Å². The van der Waals surface area contributed by atoms with Gasteiger partial charge in [0.1, 0.15) is 5.39 Å². The van der Waals surface area contributed by atoms with Gasteiger partial charge in [0.25, 0.3) is 5.56 Å². The van der Waals surface area contributed by atoms with E-state index in [1.54, 1.807) is 11.7 Å². The predicted octanol–water partition coefficient (Wildman–Crippen LogP) is -1.32. The van der Waals surface area contributed by atoms with Crippen LogP contribution in [0.1, 0.15) is 0 Å². The highest BCUT2D eigenvalue weighted by molar-refractivity contribution is 5.72. The highest BCUT2D eigenvalue weighted by Gasteiger charge is 2.08. The fourth-order valence-electron chi connectivity index (χ4n) is 1.74. The number of nitrogens with zero attached hydrogens (tertiary/aromatic N) is 6. The molecule has 0 aromatic carbocycles. The minimum atomic E-state index is -0.146. The van der Waals surface area contributed by atoms with Crippen LogP contribution in [0.5, 0.6) is 0 Å². The van der Waals surface area contributed by atoms with Crippen LogP contribution in [-0.2, 0) is 13.6 Å². The molecule has 1 N–H and O–H groups in total. The molecule has 2 aromatic rings. The third-order valence-corrected chi connectivity index (χ3v) is 2.86. The molecule has 0 radical (unpaired) electrons. The highest BCUT2D eigenvalue weighted by atomic mass is 16.1. The topological polar surface area (TPSA) is 80.9 Å². The van der Waals surface area contributed by atoms with Crippen LogP contribution < -0.4 is 10.9 Å². The van der Waals surface area contributed by atoms with Crippen LogP contribution in [0.2, 0.25) is 0 Å². The number of aromatic nitrogens is 5. The van der Waals surface area contributed by atoms with Crippen molar-refractivity contribution < 1.29 is 0 Å². The Morgan fingerprint density at radius 3 is 2.89 bits per heavy atom. The molecule has 19 heavy (non-hydrogen) atoms. The first kappa shape index (κ1) is 13.6. The first-order valence-corrected chi connectivity index (χ1v) is 6.20. The molecule has 0 saturated carbocycles. The largest absolute Gasteiger partial charge is 0.314 e. The maximum atomic E-state index is 12.1. The molecule has 0 amide bonds. The lowest BCUT2D eigenvalue weighted by atomic mass is 10.4. The maximum Gasteiger partial charge on any atom is 0.280 e. The van der Waals surface area contributed by atoms with Gasteiger partial charge in [-0.2, -0.15) is 5.10 Å². The van der Waals surface area contributed by atoms with E-state index < -0.39 is 0 Å². The van der Waals surface area contributed by atoms with Crippen molar-refractivity contribution in [1.29, 1.82) is 0 Å². The molecule has 0 unspecified atom stereocenters. The van der Waals surface area contributed by atoms with Crippen LogP contribution in [0.15, 0.2) is 11.0 Å². The Balaban J connectivity index is 1.98. The Labute approximate surface area is 111 Å². The Bertz CT molecular complexity index is 601. The van der Waals surface area contributed by atoms with Gasteiger partial charge >= 0.3 is 0 Å². The Kier molecular flexibility index (Phi) is 4.23. The number of hydrogen-bond acceptors (Lipinski definition) is 6. The van der Waals surface area contributed by atoms with Gasteiger partial charge in [0.15, 0.2) is 5.65 Å². The SMILES string of the molecule is CN(C)CCNCCn1nnc2c(cnn2C)c1=O. The third-order valence-electron chi connectivity index (χ3n) is 2.86. The summed E-state index contributed by atoms with van der Waals surface area (Å²) in [5.74, 6) is 0. The molecule has 0 aliphatic heterocycles. The fraction of sp³-hybridized carbons (Fsp3) is 0.636. The van der Waals surface area contributed by atoms with Crippen molar-refractivity contribution in [2.24, 2.45) is 7.05 Å². The second-order valence-electron chi connectivity index (χ2n) is 4.68. The van der Waals surface area contributed by atoms with E-state index in [0.29, 0.717) is 24.1 Å². The molecular formula is C11H19N7O. The van der Waals surface area contributed by atoms with E-state index in [0.717, 1.165) is 13.1 Å². The first-order chi connectivity index (χ1) is 9.09. The number of nitrogens with one attached hydrogen (secondary N) is 1. The zero-order valence-electron chi connectivity index (χ0n) is 11.5. The molecule has 0 aliphatic rings. The zero-order valence-corrected chi connectivity index (χ0v) is 11.5. The van der Waals surface area contributed by atoms with Crippen molar-refractivity contribution in [3.63, 3.8) is 0 Å². The summed E-state index contributed by atoms with van der Waals surface area (Å²) in [6, 6.07) is 0. The van der Waals surface area contributed by atoms with E-state index in [4.69, 9.17) is 0 Å². The molecule has 0 aliphatic carbocycles. The van der Waals surface area contributed by atoms with Gasteiger partial charge in [-0.05, 0) is 14.1 Å². The molecule has 2 rings (SSSR count). The van der Waals surface area contributed by atoms with E-state index in [2.05, 4.69) is 25.6 Å². The number of hydrogen-bond donors (Lipinski definition) is 1. The maximum absolute atomic E-state index is 12.1. The summed E-state index contributed by atoms with van der Waals surface area (Å²) in [5, 5.41) is 15.7. The Morgan fingerprint density at radius 1 is 1.37 bits per heavy atom. The average Bonchev–Trinajstić information content (AvgIpc) is 2.74. The van der Waals surface area contributed by atoms with Gasteiger partial charge < -0.3 is 10.2 Å². The minimum absolute atomic E-state index is 0.146. The molecule has 2 aromatic heterocycles. The van der Waals surface area contributed by atoms with Crippen LogP contribution in [0.4, 0.5) is 0 Å². The summed E-state index contributed by atoms with van der Waals surface area (Å²) in [4.78, 5) is 14.2. The fourth-order valence-corrected chi connectivity index (χ4v) is 1.74. The van der Waals surface area contributed by atoms with Gasteiger partial charge in [0.2, 0.25) is 0 Å². The molecule has 0 fully saturated rings. The smallest absolute Gasteiger partial charge is 0.280 e. The summed E-state index contributed by atoms with van der Waals surface area (Å²) in [7, 11) is 5.78. The lowest BCUT2D eigenvalue weighted by Gasteiger charge is -2.10. The van der Waals surface area contributed by atoms with Crippen molar-refractivity contribution in [2.45, 2.75) is 6.54 Å². The molecule has 0 spiro atoms. The zero-order chi connectivity index (χ0) is 13.8. The molecule has 104 valence electrons. The Hall–Kier alpha value is -1.80. The normalized spacial score (nSPS) is 11.6. The van der Waals surface area contributed by atoms with Gasteiger partial charge in [0.05, 0.1) is 12.7 Å². The number of likely N-dealkylation sites (N-methyl/N-ethyl adjacent to an activating group) is 1. The van der Waals surface area contributed by atoms with Gasteiger partial charge in [-0.25, -0.2) is 9.36 Å². The summed E-state index contributed by atoms with van der Waals surface area (Å²) in [6.45, 7) is 3.03. The molecule has 8 nitrogen and oxygen atoms in total. The van der Waals surface area contributed by atoms with E-state index in [9.17, 15) is 4.79 Å². The summed E-state index contributed by atoms with van der Waals surface area (Å²) in [6.07, 6.45) is 1.53. The number of fused-ring (bicyclic) bond motifs is 1. The van der Waals surface area contributed by atoms with Gasteiger partial charge in [-0.15, -0.1) is 5.10 Å². The molecule has 0 saturated heterocycles. The monoisotopic (exact) mass is 265 g/mol. The molecule has 0 atom stereocenters. The van der Waals surface area contributed by atoms with Crippen molar-refractivity contribution >= 4 is 11.0 Å². The quantitative estimate of drug-likeness (QED) is 0.652. The van der Waals surface area contributed by atoms with E-state index >= 15 is 0 Å². The predicted molar refractivity (Wildman–Crippen MR) is 72.0 cm³/mol. The third kappa shape index (κ3) is 3.15. The number of rotatable bonds is 6. The molecule has 2 heterocycles. The lowest BCUT2D eigenvalue weighted by Crippen LogP contribution is -2.32. The van der Waals surface area contributed by atoms with E-state index in [1.807, 2.05) is 14.1 Å². The second-order valence-corrected chi connectivity index (χ2v) is 4.68. The van der Waals surface area contributed by atoms with Crippen LogP contribution in [-0.4, -0.2) is 63.4 Å². The van der Waals surface area contributed by atoms with Gasteiger partial charge in [0, 0.05) is 26.7 Å². The average molecular weight is 265 g/mol. The minimum Gasteiger partial charge on any atom is -0.314 e. The van der Waals surface area contributed by atoms with Gasteiger partial charge in [-0.3, -0.25) is 4.79 Å². The Morgan fingerprint density at radius 2 is 2.16 bits per heavy atom. The van der Waals surface area contributed by atoms with E-state index in [-0.39, 0.29) is 5.56 Å². The van der Waals surface area contributed by atoms with E-state index in [1.165, 1.54) is 10.9 Å². The standard InChI is InChI=1S/C11H19N7O/c1-16(2)6-4-12-5-7-18-11(19)9-8-13-17(3)10(9)14-15-18/h8,12H,4-7H2,1-3H3. The molecule has 8 heteroatoms. The molecule has 0 bridgehead atoms. The van der Waals surface area contributed by atoms with Crippen molar-refractivity contribution in [2.75, 3.05) is 33.7 Å².